The van der Waals surface area contributed by atoms with Crippen LogP contribution in [0.5, 0.6) is 5.75 Å². The standard InChI is InChI=1S/C12H20N4O3/c1-3-4-14-11(17)7-16-12(18)5-10(6-15-16)19-8-9(2)13/h5-6,9H,3-4,7-8,13H2,1-2H3,(H,14,17). The maximum absolute atomic E-state index is 11.7. The maximum atomic E-state index is 11.7. The van der Waals surface area contributed by atoms with Gasteiger partial charge in [0.25, 0.3) is 5.56 Å². The molecule has 0 bridgehead atoms. The third-order valence-corrected chi connectivity index (χ3v) is 2.22. The fourth-order valence-electron chi connectivity index (χ4n) is 1.30. The molecule has 19 heavy (non-hydrogen) atoms. The molecule has 1 rings (SSSR count). The van der Waals surface area contributed by atoms with E-state index in [2.05, 4.69) is 10.4 Å². The summed E-state index contributed by atoms with van der Waals surface area (Å²) in [7, 11) is 0. The number of hydrogen-bond acceptors (Lipinski definition) is 5. The van der Waals surface area contributed by atoms with Crippen LogP contribution >= 0.6 is 0 Å². The van der Waals surface area contributed by atoms with Gasteiger partial charge in [0.2, 0.25) is 5.91 Å². The summed E-state index contributed by atoms with van der Waals surface area (Å²) in [4.78, 5) is 23.2. The predicted molar refractivity (Wildman–Crippen MR) is 70.9 cm³/mol. The molecule has 7 nitrogen and oxygen atoms in total. The number of ether oxygens (including phenoxy) is 1. The van der Waals surface area contributed by atoms with Gasteiger partial charge in [-0.3, -0.25) is 9.59 Å². The first-order valence-electron chi connectivity index (χ1n) is 6.25. The second kappa shape index (κ2) is 7.52. The summed E-state index contributed by atoms with van der Waals surface area (Å²) in [6, 6.07) is 1.17. The van der Waals surface area contributed by atoms with E-state index < -0.39 is 0 Å². The summed E-state index contributed by atoms with van der Waals surface area (Å²) in [5.41, 5.74) is 5.16. The van der Waals surface area contributed by atoms with Crippen LogP contribution in [-0.2, 0) is 11.3 Å². The van der Waals surface area contributed by atoms with Crippen LogP contribution in [0.3, 0.4) is 0 Å². The normalized spacial score (nSPS) is 11.9. The number of carbonyl (C=O) groups is 1. The molecule has 106 valence electrons. The van der Waals surface area contributed by atoms with Gasteiger partial charge in [0.1, 0.15) is 18.9 Å². The summed E-state index contributed by atoms with van der Waals surface area (Å²) < 4.78 is 6.36. The van der Waals surface area contributed by atoms with Crippen LogP contribution in [0.2, 0.25) is 0 Å². The summed E-state index contributed by atoms with van der Waals surface area (Å²) in [5, 5.41) is 6.56. The molecule has 0 spiro atoms. The highest BCUT2D eigenvalue weighted by atomic mass is 16.5. The van der Waals surface area contributed by atoms with Gasteiger partial charge in [-0.15, -0.1) is 0 Å². The van der Waals surface area contributed by atoms with E-state index in [-0.39, 0.29) is 24.1 Å². The van der Waals surface area contributed by atoms with Crippen LogP contribution < -0.4 is 21.3 Å². The van der Waals surface area contributed by atoms with Crippen molar-refractivity contribution >= 4 is 5.91 Å². The number of hydrogen-bond donors (Lipinski definition) is 2. The number of nitrogens with zero attached hydrogens (tertiary/aromatic N) is 2. The molecule has 1 atom stereocenters. The second-order valence-corrected chi connectivity index (χ2v) is 4.33. The Bertz CT molecular complexity index is 470. The fraction of sp³-hybridized carbons (Fsp3) is 0.583. The van der Waals surface area contributed by atoms with Crippen LogP contribution in [0.4, 0.5) is 0 Å². The molecule has 0 aromatic carbocycles. The highest BCUT2D eigenvalue weighted by Crippen LogP contribution is 2.03. The highest BCUT2D eigenvalue weighted by Gasteiger charge is 2.06. The molecule has 1 aromatic rings. The van der Waals surface area contributed by atoms with Gasteiger partial charge in [-0.2, -0.15) is 5.10 Å². The Morgan fingerprint density at radius 2 is 2.37 bits per heavy atom. The lowest BCUT2D eigenvalue weighted by atomic mass is 10.4. The SMILES string of the molecule is CCCNC(=O)Cn1ncc(OCC(C)N)cc1=O. The topological polar surface area (TPSA) is 99.2 Å². The van der Waals surface area contributed by atoms with Crippen molar-refractivity contribution in [3.05, 3.63) is 22.6 Å². The average molecular weight is 268 g/mol. The molecular formula is C12H20N4O3. The molecule has 1 unspecified atom stereocenters. The Morgan fingerprint density at radius 1 is 1.63 bits per heavy atom. The van der Waals surface area contributed by atoms with Crippen molar-refractivity contribution in [3.63, 3.8) is 0 Å². The zero-order chi connectivity index (χ0) is 14.3. The third-order valence-electron chi connectivity index (χ3n) is 2.22. The lowest BCUT2D eigenvalue weighted by Crippen LogP contribution is -2.33. The van der Waals surface area contributed by atoms with Gasteiger partial charge in [-0.1, -0.05) is 6.92 Å². The van der Waals surface area contributed by atoms with Gasteiger partial charge in [-0.25, -0.2) is 4.68 Å². The number of rotatable bonds is 7. The van der Waals surface area contributed by atoms with Crippen LogP contribution in [0.1, 0.15) is 20.3 Å². The molecule has 0 aliphatic heterocycles. The van der Waals surface area contributed by atoms with Gasteiger partial charge >= 0.3 is 0 Å². The van der Waals surface area contributed by atoms with Crippen molar-refractivity contribution < 1.29 is 9.53 Å². The Kier molecular flexibility index (Phi) is 6.01. The summed E-state index contributed by atoms with van der Waals surface area (Å²) in [6.45, 7) is 4.56. The number of nitrogens with two attached hydrogens (primary N) is 1. The smallest absolute Gasteiger partial charge is 0.270 e. The van der Waals surface area contributed by atoms with E-state index in [1.807, 2.05) is 6.92 Å². The molecule has 3 N–H and O–H groups in total. The molecule has 0 saturated carbocycles. The fourth-order valence-corrected chi connectivity index (χ4v) is 1.30. The first-order valence-corrected chi connectivity index (χ1v) is 6.25. The lowest BCUT2D eigenvalue weighted by Gasteiger charge is -2.09. The first kappa shape index (κ1) is 15.2. The van der Waals surface area contributed by atoms with Gasteiger partial charge < -0.3 is 15.8 Å². The molecule has 1 amide bonds. The number of aromatic nitrogens is 2. The molecule has 0 saturated heterocycles. The third kappa shape index (κ3) is 5.52. The van der Waals surface area contributed by atoms with Crippen molar-refractivity contribution in [3.8, 4) is 5.75 Å². The lowest BCUT2D eigenvalue weighted by molar-refractivity contribution is -0.121. The predicted octanol–water partition coefficient (Wildman–Crippen LogP) is -0.504. The van der Waals surface area contributed by atoms with Crippen LogP contribution in [0, 0.1) is 0 Å². The van der Waals surface area contributed by atoms with Gasteiger partial charge in [-0.05, 0) is 13.3 Å². The minimum Gasteiger partial charge on any atom is -0.490 e. The molecule has 0 fully saturated rings. The quantitative estimate of drug-likeness (QED) is 0.694. The van der Waals surface area contributed by atoms with Crippen molar-refractivity contribution in [2.45, 2.75) is 32.9 Å². The average Bonchev–Trinajstić information content (AvgIpc) is 2.36. The van der Waals surface area contributed by atoms with Crippen LogP contribution in [-0.4, -0.2) is 34.9 Å². The second-order valence-electron chi connectivity index (χ2n) is 4.33. The van der Waals surface area contributed by atoms with E-state index in [0.29, 0.717) is 18.9 Å². The molecular weight excluding hydrogens is 248 g/mol. The van der Waals surface area contributed by atoms with Crippen LogP contribution in [0.25, 0.3) is 0 Å². The number of amides is 1. The van der Waals surface area contributed by atoms with E-state index in [9.17, 15) is 9.59 Å². The van der Waals surface area contributed by atoms with Crippen molar-refractivity contribution in [2.75, 3.05) is 13.2 Å². The molecule has 0 aliphatic carbocycles. The van der Waals surface area contributed by atoms with Crippen LogP contribution in [0.15, 0.2) is 17.1 Å². The Balaban J connectivity index is 2.62. The minimum absolute atomic E-state index is 0.0909. The maximum Gasteiger partial charge on any atom is 0.270 e. The zero-order valence-electron chi connectivity index (χ0n) is 11.3. The first-order chi connectivity index (χ1) is 9.02. The summed E-state index contributed by atoms with van der Waals surface area (Å²) >= 11 is 0. The molecule has 1 heterocycles. The largest absolute Gasteiger partial charge is 0.490 e. The summed E-state index contributed by atoms with van der Waals surface area (Å²) in [5.74, 6) is 0.119. The molecule has 0 radical (unpaired) electrons. The van der Waals surface area contributed by atoms with Gasteiger partial charge in [0.15, 0.2) is 0 Å². The minimum atomic E-state index is -0.381. The van der Waals surface area contributed by atoms with Gasteiger partial charge in [0.05, 0.1) is 6.20 Å². The highest BCUT2D eigenvalue weighted by molar-refractivity contribution is 5.75. The Morgan fingerprint density at radius 3 is 2.95 bits per heavy atom. The summed E-state index contributed by atoms with van der Waals surface area (Å²) in [6.07, 6.45) is 2.25. The zero-order valence-corrected chi connectivity index (χ0v) is 11.3. The number of carbonyl (C=O) groups excluding carboxylic acids is 1. The molecule has 0 aliphatic rings. The Labute approximate surface area is 111 Å². The Hall–Kier alpha value is -1.89. The van der Waals surface area contributed by atoms with Gasteiger partial charge in [0, 0.05) is 18.7 Å². The molecule has 7 heteroatoms. The van der Waals surface area contributed by atoms with Crippen molar-refractivity contribution in [1.29, 1.82) is 0 Å². The van der Waals surface area contributed by atoms with Crippen molar-refractivity contribution in [1.82, 2.24) is 15.1 Å². The number of nitrogens with one attached hydrogen (secondary N) is 1. The molecule has 1 aromatic heterocycles. The van der Waals surface area contributed by atoms with E-state index >= 15 is 0 Å². The van der Waals surface area contributed by atoms with E-state index in [1.165, 1.54) is 12.3 Å². The van der Waals surface area contributed by atoms with E-state index in [4.69, 9.17) is 10.5 Å². The van der Waals surface area contributed by atoms with E-state index in [0.717, 1.165) is 11.1 Å². The van der Waals surface area contributed by atoms with E-state index in [1.54, 1.807) is 6.92 Å². The van der Waals surface area contributed by atoms with Crippen molar-refractivity contribution in [2.24, 2.45) is 5.73 Å². The monoisotopic (exact) mass is 268 g/mol.